The van der Waals surface area contributed by atoms with Crippen LogP contribution < -0.4 is 20.1 Å². The first kappa shape index (κ1) is 16.2. The first-order valence-electron chi connectivity index (χ1n) is 8.70. The fourth-order valence-corrected chi connectivity index (χ4v) is 4.88. The molecule has 1 aromatic rings. The summed E-state index contributed by atoms with van der Waals surface area (Å²) in [5, 5.41) is 15.7. The number of quaternary nitrogens is 3. The summed E-state index contributed by atoms with van der Waals surface area (Å²) in [6.07, 6.45) is 0. The molecule has 0 radical (unpaired) electrons. The molecule has 4 N–H and O–H groups in total. The summed E-state index contributed by atoms with van der Waals surface area (Å²) < 4.78 is 0. The summed E-state index contributed by atoms with van der Waals surface area (Å²) in [7, 11) is 0. The van der Waals surface area contributed by atoms with Gasteiger partial charge in [-0.2, -0.15) is 5.10 Å². The lowest BCUT2D eigenvalue weighted by Crippen LogP contribution is -3.56. The van der Waals surface area contributed by atoms with E-state index in [0.29, 0.717) is 0 Å². The minimum Gasteiger partial charge on any atom is -0.283 e. The Bertz CT molecular complexity index is 707. The van der Waals surface area contributed by atoms with Crippen molar-refractivity contribution in [1.29, 1.82) is 0 Å². The van der Waals surface area contributed by atoms with Crippen molar-refractivity contribution in [1.82, 2.24) is 5.43 Å². The van der Waals surface area contributed by atoms with E-state index in [1.165, 1.54) is 20.0 Å². The van der Waals surface area contributed by atoms with Crippen molar-refractivity contribution in [3.63, 3.8) is 0 Å². The molecule has 4 saturated heterocycles. The van der Waals surface area contributed by atoms with Gasteiger partial charge in [0.15, 0.2) is 5.41 Å². The second kappa shape index (κ2) is 5.91. The van der Waals surface area contributed by atoms with E-state index in [0.717, 1.165) is 36.6 Å². The van der Waals surface area contributed by atoms with Crippen molar-refractivity contribution in [3.8, 4) is 0 Å². The number of rotatable bonds is 5. The molecule has 4 heterocycles. The van der Waals surface area contributed by atoms with E-state index in [4.69, 9.17) is 5.10 Å². The van der Waals surface area contributed by atoms with E-state index in [1.807, 2.05) is 19.1 Å². The molecule has 5 rings (SSSR count). The van der Waals surface area contributed by atoms with Gasteiger partial charge in [-0.25, -0.2) is 14.7 Å². The molecule has 0 amide bonds. The van der Waals surface area contributed by atoms with E-state index < -0.39 is 0 Å². The van der Waals surface area contributed by atoms with Gasteiger partial charge in [-0.3, -0.25) is 15.5 Å². The molecule has 4 bridgehead atoms. The van der Waals surface area contributed by atoms with Crippen LogP contribution in [0.2, 0.25) is 0 Å². The van der Waals surface area contributed by atoms with Gasteiger partial charge in [-0.1, -0.05) is 6.58 Å². The second-order valence-corrected chi connectivity index (χ2v) is 7.75. The van der Waals surface area contributed by atoms with E-state index in [2.05, 4.69) is 12.0 Å². The van der Waals surface area contributed by atoms with Gasteiger partial charge in [-0.05, 0) is 24.6 Å². The summed E-state index contributed by atoms with van der Waals surface area (Å²) in [5.74, 6) is 0. The maximum absolute atomic E-state index is 11.0. The van der Waals surface area contributed by atoms with Gasteiger partial charge in [-0.15, -0.1) is 0 Å². The molecule has 4 fully saturated rings. The maximum atomic E-state index is 11.0. The average molecular weight is 345 g/mol. The predicted octanol–water partition coefficient (Wildman–Crippen LogP) is -3.02. The van der Waals surface area contributed by atoms with Crippen molar-refractivity contribution in [2.45, 2.75) is 6.92 Å². The molecule has 0 aliphatic carbocycles. The van der Waals surface area contributed by atoms with Crippen LogP contribution in [-0.2, 0) is 0 Å². The lowest BCUT2D eigenvalue weighted by Gasteiger charge is -2.52. The van der Waals surface area contributed by atoms with Crippen LogP contribution in [0, 0.1) is 15.5 Å². The van der Waals surface area contributed by atoms with Crippen LogP contribution in [0.5, 0.6) is 0 Å². The van der Waals surface area contributed by atoms with Crippen LogP contribution in [-0.4, -0.2) is 50.3 Å². The smallest absolute Gasteiger partial charge is 0.269 e. The number of hydrogen-bond donors (Lipinski definition) is 4. The van der Waals surface area contributed by atoms with Gasteiger partial charge >= 0.3 is 0 Å². The van der Waals surface area contributed by atoms with E-state index in [9.17, 15) is 10.1 Å². The van der Waals surface area contributed by atoms with E-state index in [-0.39, 0.29) is 16.0 Å². The maximum Gasteiger partial charge on any atom is 0.269 e. The first-order chi connectivity index (χ1) is 11.9. The van der Waals surface area contributed by atoms with Crippen molar-refractivity contribution < 1.29 is 19.6 Å². The highest BCUT2D eigenvalue weighted by Gasteiger charge is 2.60. The van der Waals surface area contributed by atoms with Crippen LogP contribution in [0.15, 0.2) is 41.6 Å². The molecule has 132 valence electrons. The quantitative estimate of drug-likeness (QED) is 0.261. The molecule has 8 heteroatoms. The summed E-state index contributed by atoms with van der Waals surface area (Å²) in [4.78, 5) is 15.5. The second-order valence-electron chi connectivity index (χ2n) is 7.75. The summed E-state index contributed by atoms with van der Waals surface area (Å²) in [6.45, 7) is 12.6. The molecule has 4 aliphatic heterocycles. The number of benzene rings is 1. The molecule has 0 saturated carbocycles. The Hall–Kier alpha value is -2.29. The van der Waals surface area contributed by atoms with Gasteiger partial charge < -0.3 is 0 Å². The standard InChI is InChI=1S/C17H22N6O2/c1-13(2)18-19-16(14-3-5-15(6-4-14)23(24)25)17-7-20-10-21(8-17)12-22(9-17)11-20/h3-6,18H,1,7-12H2,2H3/p+3. The topological polar surface area (TPSA) is 80.8 Å². The summed E-state index contributed by atoms with van der Waals surface area (Å²) >= 11 is 0. The number of allylic oxidation sites excluding steroid dienone is 1. The Morgan fingerprint density at radius 3 is 2.12 bits per heavy atom. The van der Waals surface area contributed by atoms with Crippen LogP contribution >= 0.6 is 0 Å². The predicted molar refractivity (Wildman–Crippen MR) is 92.1 cm³/mol. The molecule has 4 aliphatic rings. The molecule has 0 atom stereocenters. The molecular formula is C17H25N6O2+3. The highest BCUT2D eigenvalue weighted by Crippen LogP contribution is 2.24. The highest BCUT2D eigenvalue weighted by atomic mass is 16.6. The fourth-order valence-electron chi connectivity index (χ4n) is 4.88. The monoisotopic (exact) mass is 345 g/mol. The zero-order chi connectivity index (χ0) is 17.6. The van der Waals surface area contributed by atoms with Gasteiger partial charge in [0, 0.05) is 17.8 Å². The first-order valence-corrected chi connectivity index (χ1v) is 8.70. The molecule has 8 nitrogen and oxygen atoms in total. The molecule has 0 spiro atoms. The van der Waals surface area contributed by atoms with Crippen LogP contribution in [0.25, 0.3) is 0 Å². The minimum absolute atomic E-state index is 0.00727. The third-order valence-electron chi connectivity index (χ3n) is 5.48. The third-order valence-corrected chi connectivity index (χ3v) is 5.48. The Labute approximate surface area is 146 Å². The van der Waals surface area contributed by atoms with Gasteiger partial charge in [0.25, 0.3) is 5.69 Å². The van der Waals surface area contributed by atoms with Crippen LogP contribution in [0.1, 0.15) is 12.5 Å². The molecule has 1 aromatic carbocycles. The number of nitro benzene ring substituents is 1. The third kappa shape index (κ3) is 2.92. The Morgan fingerprint density at radius 1 is 1.16 bits per heavy atom. The van der Waals surface area contributed by atoms with Crippen LogP contribution in [0.3, 0.4) is 0 Å². The molecule has 25 heavy (non-hydrogen) atoms. The van der Waals surface area contributed by atoms with Gasteiger partial charge in [0.05, 0.1) is 10.6 Å². The number of hydrazone groups is 1. The SMILES string of the molecule is C=C(C)NN=C(c1ccc([N+](=O)[O-])cc1)C12C[NH+]3C[NH+](C[NH+](C3)C1)C2. The molecule has 0 aromatic heterocycles. The lowest BCUT2D eigenvalue weighted by molar-refractivity contribution is -1.30. The summed E-state index contributed by atoms with van der Waals surface area (Å²) in [6, 6.07) is 6.80. The zero-order valence-electron chi connectivity index (χ0n) is 14.5. The van der Waals surface area contributed by atoms with Gasteiger partial charge in [0.1, 0.15) is 19.6 Å². The van der Waals surface area contributed by atoms with Crippen molar-refractivity contribution in [2.24, 2.45) is 10.5 Å². The average Bonchev–Trinajstić information content (AvgIpc) is 2.53. The highest BCUT2D eigenvalue weighted by molar-refractivity contribution is 6.05. The largest absolute Gasteiger partial charge is 0.283 e. The Balaban J connectivity index is 1.72. The summed E-state index contributed by atoms with van der Waals surface area (Å²) in [5.41, 5.74) is 5.92. The molecular weight excluding hydrogens is 320 g/mol. The van der Waals surface area contributed by atoms with Crippen LogP contribution in [0.4, 0.5) is 5.69 Å². The fraction of sp³-hybridized carbons (Fsp3) is 0.471. The number of non-ortho nitro benzene ring substituents is 1. The zero-order valence-corrected chi connectivity index (χ0v) is 14.5. The van der Waals surface area contributed by atoms with E-state index in [1.54, 1.807) is 26.8 Å². The van der Waals surface area contributed by atoms with E-state index >= 15 is 0 Å². The Kier molecular flexibility index (Phi) is 3.82. The van der Waals surface area contributed by atoms with Gasteiger partial charge in [0.2, 0.25) is 20.0 Å². The molecule has 0 unspecified atom stereocenters. The number of nitro groups is 1. The van der Waals surface area contributed by atoms with Crippen molar-refractivity contribution >= 4 is 11.4 Å². The van der Waals surface area contributed by atoms with Crippen molar-refractivity contribution in [2.75, 3.05) is 39.6 Å². The number of nitrogens with zero attached hydrogens (tertiary/aromatic N) is 2. The van der Waals surface area contributed by atoms with Crippen molar-refractivity contribution in [3.05, 3.63) is 52.2 Å². The number of nitrogens with one attached hydrogen (secondary N) is 4. The minimum atomic E-state index is -0.362. The number of hydrogen-bond acceptors (Lipinski definition) is 4. The Morgan fingerprint density at radius 2 is 1.68 bits per heavy atom. The lowest BCUT2D eigenvalue weighted by atomic mass is 9.74. The normalized spacial score (nSPS) is 33.3.